The van der Waals surface area contributed by atoms with Crippen molar-refractivity contribution in [3.8, 4) is 22.1 Å². The Morgan fingerprint density at radius 1 is 0.946 bits per heavy atom. The fourth-order valence-electron chi connectivity index (χ4n) is 4.27. The van der Waals surface area contributed by atoms with Crippen molar-refractivity contribution >= 4 is 21.6 Å². The second kappa shape index (κ2) is 9.70. The monoisotopic (exact) mass is 520 g/mol. The van der Waals surface area contributed by atoms with E-state index in [0.29, 0.717) is 16.6 Å². The number of nitrogens with zero attached hydrogens (tertiary/aromatic N) is 4. The quantitative estimate of drug-likeness (QED) is 0.319. The number of fused-ring (bicyclic) bond motifs is 1. The Hall–Kier alpha value is -4.18. The summed E-state index contributed by atoms with van der Waals surface area (Å²) in [5.41, 5.74) is 1.08. The second-order valence-electron chi connectivity index (χ2n) is 8.45. The topological polar surface area (TPSA) is 79.0 Å². The highest BCUT2D eigenvalue weighted by Gasteiger charge is 2.24. The van der Waals surface area contributed by atoms with Crippen LogP contribution in [0.3, 0.4) is 0 Å². The van der Waals surface area contributed by atoms with Gasteiger partial charge >= 0.3 is 5.69 Å². The highest BCUT2D eigenvalue weighted by molar-refractivity contribution is 7.22. The summed E-state index contributed by atoms with van der Waals surface area (Å²) in [4.78, 5) is 28.7. The van der Waals surface area contributed by atoms with Crippen LogP contribution >= 0.6 is 11.3 Å². The Morgan fingerprint density at radius 3 is 2.24 bits per heavy atom. The maximum Gasteiger partial charge on any atom is 0.338 e. The van der Waals surface area contributed by atoms with Crippen LogP contribution in [0.5, 0.6) is 5.88 Å². The van der Waals surface area contributed by atoms with Crippen LogP contribution in [-0.2, 0) is 13.0 Å². The van der Waals surface area contributed by atoms with Crippen molar-refractivity contribution in [2.45, 2.75) is 26.8 Å². The Morgan fingerprint density at radius 2 is 1.65 bits per heavy atom. The highest BCUT2D eigenvalue weighted by Crippen LogP contribution is 2.37. The molecule has 0 spiro atoms. The fraction of sp³-hybridized carbons (Fsp3) is 0.185. The van der Waals surface area contributed by atoms with Gasteiger partial charge in [-0.25, -0.2) is 18.1 Å². The lowest BCUT2D eigenvalue weighted by Crippen LogP contribution is -2.39. The average molecular weight is 521 g/mol. The van der Waals surface area contributed by atoms with Crippen molar-refractivity contribution in [3.63, 3.8) is 0 Å². The first-order valence-electron chi connectivity index (χ1n) is 11.5. The summed E-state index contributed by atoms with van der Waals surface area (Å²) in [6.07, 6.45) is 0.499. The molecule has 0 N–H and O–H groups in total. The Labute approximate surface area is 214 Å². The van der Waals surface area contributed by atoms with Crippen molar-refractivity contribution in [1.82, 2.24) is 19.3 Å². The molecule has 0 aliphatic carbocycles. The number of hydrogen-bond donors (Lipinski definition) is 0. The summed E-state index contributed by atoms with van der Waals surface area (Å²) in [6, 6.07) is 14.3. The van der Waals surface area contributed by atoms with Crippen LogP contribution in [0.1, 0.15) is 23.6 Å². The van der Waals surface area contributed by atoms with Crippen LogP contribution in [0, 0.1) is 18.6 Å². The molecule has 37 heavy (non-hydrogen) atoms. The Bertz CT molecular complexity index is 1720. The molecular weight excluding hydrogens is 498 g/mol. The number of hydrogen-bond acceptors (Lipinski definition) is 6. The third kappa shape index (κ3) is 4.23. The summed E-state index contributed by atoms with van der Waals surface area (Å²) in [7, 11) is 1.42. The van der Waals surface area contributed by atoms with E-state index in [-0.39, 0.29) is 17.3 Å². The van der Waals surface area contributed by atoms with Crippen molar-refractivity contribution in [2.75, 3.05) is 7.11 Å². The fourth-order valence-corrected chi connectivity index (χ4v) is 5.65. The van der Waals surface area contributed by atoms with Gasteiger partial charge in [-0.3, -0.25) is 9.36 Å². The van der Waals surface area contributed by atoms with Gasteiger partial charge in [0.15, 0.2) is 5.82 Å². The molecule has 2 aromatic carbocycles. The van der Waals surface area contributed by atoms with Gasteiger partial charge in [-0.2, -0.15) is 0 Å². The van der Waals surface area contributed by atoms with Gasteiger partial charge in [-0.15, -0.1) is 21.5 Å². The summed E-state index contributed by atoms with van der Waals surface area (Å²) in [6.45, 7) is 3.49. The summed E-state index contributed by atoms with van der Waals surface area (Å²) in [5, 5.41) is 8.18. The van der Waals surface area contributed by atoms with Crippen molar-refractivity contribution < 1.29 is 13.5 Å². The number of rotatable bonds is 6. The maximum atomic E-state index is 14.7. The van der Waals surface area contributed by atoms with E-state index in [2.05, 4.69) is 10.2 Å². The molecule has 0 bridgehead atoms. The number of ether oxygens (including phenoxy) is 1. The molecule has 0 aliphatic heterocycles. The predicted octanol–water partition coefficient (Wildman–Crippen LogP) is 4.88. The molecule has 3 heterocycles. The van der Waals surface area contributed by atoms with E-state index in [1.807, 2.05) is 38.1 Å². The summed E-state index contributed by atoms with van der Waals surface area (Å²) in [5.74, 6) is -1.38. The van der Waals surface area contributed by atoms with E-state index in [1.54, 1.807) is 0 Å². The molecule has 0 amide bonds. The molecule has 0 radical (unpaired) electrons. The number of aryl methyl sites for hydroxylation is 2. The molecule has 0 saturated heterocycles. The first-order valence-corrected chi connectivity index (χ1v) is 12.3. The van der Waals surface area contributed by atoms with Crippen LogP contribution in [0.25, 0.3) is 26.5 Å². The molecular formula is C27H22F2N4O3S. The minimum Gasteiger partial charge on any atom is -0.480 e. The number of aromatic nitrogens is 4. The maximum absolute atomic E-state index is 14.7. The standard InChI is InChI=1S/C27H22F2N4O3S/c1-4-17-23-25(34)33(21-12-13-22(36-3)31-30-21)27(35)32(14-18-19(28)6-5-7-20(18)29)26(23)37-24(17)16-10-8-15(2)9-11-16/h5-13H,4,14H2,1-3H3. The Kier molecular flexibility index (Phi) is 6.43. The largest absolute Gasteiger partial charge is 0.480 e. The number of halogens is 2. The van der Waals surface area contributed by atoms with Gasteiger partial charge in [-0.1, -0.05) is 42.8 Å². The number of benzene rings is 2. The third-order valence-electron chi connectivity index (χ3n) is 6.18. The summed E-state index contributed by atoms with van der Waals surface area (Å²) >= 11 is 1.25. The molecule has 0 fully saturated rings. The van der Waals surface area contributed by atoms with Crippen molar-refractivity contribution in [3.05, 3.63) is 104 Å². The number of methoxy groups -OCH3 is 1. The van der Waals surface area contributed by atoms with Crippen LogP contribution < -0.4 is 16.0 Å². The van der Waals surface area contributed by atoms with Gasteiger partial charge < -0.3 is 4.74 Å². The van der Waals surface area contributed by atoms with Gasteiger partial charge in [0, 0.05) is 16.5 Å². The van der Waals surface area contributed by atoms with E-state index >= 15 is 0 Å². The van der Waals surface area contributed by atoms with Crippen LogP contribution in [0.2, 0.25) is 0 Å². The lowest BCUT2D eigenvalue weighted by Gasteiger charge is -2.13. The molecule has 5 aromatic rings. The molecule has 0 atom stereocenters. The van der Waals surface area contributed by atoms with Gasteiger partial charge in [0.25, 0.3) is 5.56 Å². The zero-order valence-corrected chi connectivity index (χ0v) is 21.1. The zero-order chi connectivity index (χ0) is 26.3. The average Bonchev–Trinajstić information content (AvgIpc) is 3.29. The summed E-state index contributed by atoms with van der Waals surface area (Å²) < 4.78 is 36.5. The third-order valence-corrected chi connectivity index (χ3v) is 7.49. The highest BCUT2D eigenvalue weighted by atomic mass is 32.1. The zero-order valence-electron chi connectivity index (χ0n) is 20.3. The molecule has 188 valence electrons. The number of thiophene rings is 1. The van der Waals surface area contributed by atoms with Crippen molar-refractivity contribution in [2.24, 2.45) is 0 Å². The minimum atomic E-state index is -0.784. The van der Waals surface area contributed by atoms with E-state index in [1.165, 1.54) is 41.2 Å². The molecule has 7 nitrogen and oxygen atoms in total. The molecule has 0 unspecified atom stereocenters. The molecule has 0 saturated carbocycles. The van der Waals surface area contributed by atoms with E-state index in [0.717, 1.165) is 38.3 Å². The predicted molar refractivity (Wildman–Crippen MR) is 139 cm³/mol. The van der Waals surface area contributed by atoms with Crippen LogP contribution in [0.15, 0.2) is 64.2 Å². The molecule has 5 rings (SSSR count). The van der Waals surface area contributed by atoms with Crippen molar-refractivity contribution in [1.29, 1.82) is 0 Å². The van der Waals surface area contributed by atoms with Gasteiger partial charge in [0.2, 0.25) is 5.88 Å². The van der Waals surface area contributed by atoms with Gasteiger partial charge in [0.1, 0.15) is 16.5 Å². The van der Waals surface area contributed by atoms with Gasteiger partial charge in [0.05, 0.1) is 19.0 Å². The van der Waals surface area contributed by atoms with Crippen LogP contribution in [-0.4, -0.2) is 26.4 Å². The normalized spacial score (nSPS) is 11.3. The second-order valence-corrected chi connectivity index (χ2v) is 9.45. The lowest BCUT2D eigenvalue weighted by molar-refractivity contribution is 0.391. The van der Waals surface area contributed by atoms with E-state index in [4.69, 9.17) is 4.74 Å². The van der Waals surface area contributed by atoms with E-state index < -0.39 is 29.4 Å². The molecule has 0 aliphatic rings. The SMILES string of the molecule is CCc1c(-c2ccc(C)cc2)sc2c1c(=O)n(-c1ccc(OC)nn1)c(=O)n2Cc1c(F)cccc1F. The molecule has 10 heteroatoms. The smallest absolute Gasteiger partial charge is 0.338 e. The first kappa shape index (κ1) is 24.5. The van der Waals surface area contributed by atoms with Crippen LogP contribution in [0.4, 0.5) is 8.78 Å². The van der Waals surface area contributed by atoms with Gasteiger partial charge in [-0.05, 0) is 42.7 Å². The molecule has 3 aromatic heterocycles. The minimum absolute atomic E-state index is 0.0226. The Balaban J connectivity index is 1.87. The first-order chi connectivity index (χ1) is 17.8. The lowest BCUT2D eigenvalue weighted by atomic mass is 10.0. The van der Waals surface area contributed by atoms with E-state index in [9.17, 15) is 18.4 Å².